The molecule has 0 atom stereocenters. The van der Waals surface area contributed by atoms with Crippen molar-refractivity contribution in [1.82, 2.24) is 9.97 Å². The van der Waals surface area contributed by atoms with Crippen molar-refractivity contribution in [3.63, 3.8) is 0 Å². The molecule has 1 aromatic carbocycles. The lowest BCUT2D eigenvalue weighted by atomic mass is 9.99. The smallest absolute Gasteiger partial charge is 0.324 e. The van der Waals surface area contributed by atoms with E-state index in [9.17, 15) is 4.79 Å². The maximum Gasteiger partial charge on any atom is 0.324 e. The van der Waals surface area contributed by atoms with E-state index in [0.29, 0.717) is 17.3 Å². The van der Waals surface area contributed by atoms with Crippen LogP contribution < -0.4 is 20.3 Å². The Labute approximate surface area is 153 Å². The fraction of sp³-hybridized carbons (Fsp3) is 0.421. The van der Waals surface area contributed by atoms with Crippen molar-refractivity contribution >= 4 is 23.4 Å². The highest BCUT2D eigenvalue weighted by Gasteiger charge is 2.17. The molecule has 1 aliphatic heterocycles. The van der Waals surface area contributed by atoms with Crippen LogP contribution in [0.1, 0.15) is 25.3 Å². The number of carbonyl (C=O) groups is 1. The zero-order valence-corrected chi connectivity index (χ0v) is 15.5. The predicted octanol–water partition coefficient (Wildman–Crippen LogP) is 3.67. The molecule has 1 saturated heterocycles. The first-order valence-corrected chi connectivity index (χ1v) is 8.85. The van der Waals surface area contributed by atoms with Crippen LogP contribution in [-0.2, 0) is 0 Å². The van der Waals surface area contributed by atoms with E-state index in [1.54, 1.807) is 7.11 Å². The number of carbonyl (C=O) groups excluding carboxylic acids is 1. The Morgan fingerprint density at radius 1 is 1.19 bits per heavy atom. The largest absolute Gasteiger partial charge is 0.495 e. The zero-order chi connectivity index (χ0) is 18.5. The average Bonchev–Trinajstić information content (AvgIpc) is 2.62. The van der Waals surface area contributed by atoms with Crippen molar-refractivity contribution in [2.45, 2.75) is 26.7 Å². The van der Waals surface area contributed by atoms with E-state index in [0.717, 1.165) is 43.2 Å². The summed E-state index contributed by atoms with van der Waals surface area (Å²) in [5, 5.41) is 5.57. The number of methoxy groups -OCH3 is 1. The monoisotopic (exact) mass is 355 g/mol. The highest BCUT2D eigenvalue weighted by atomic mass is 16.5. The van der Waals surface area contributed by atoms with Gasteiger partial charge in [-0.05, 0) is 43.4 Å². The summed E-state index contributed by atoms with van der Waals surface area (Å²) in [5.74, 6) is 2.67. The number of hydrogen-bond acceptors (Lipinski definition) is 5. The lowest BCUT2D eigenvalue weighted by Crippen LogP contribution is -2.33. The van der Waals surface area contributed by atoms with Crippen LogP contribution in [0.4, 0.5) is 22.1 Å². The van der Waals surface area contributed by atoms with Crippen LogP contribution in [0, 0.1) is 12.8 Å². The van der Waals surface area contributed by atoms with Crippen LogP contribution in [0.15, 0.2) is 30.6 Å². The molecule has 7 heteroatoms. The van der Waals surface area contributed by atoms with Crippen LogP contribution >= 0.6 is 0 Å². The number of aryl methyl sites for hydroxylation is 1. The quantitative estimate of drug-likeness (QED) is 0.875. The van der Waals surface area contributed by atoms with Gasteiger partial charge in [-0.3, -0.25) is 5.32 Å². The topological polar surface area (TPSA) is 79.4 Å². The molecule has 1 fully saturated rings. The number of anilines is 3. The Bertz CT molecular complexity index is 772. The molecular weight excluding hydrogens is 330 g/mol. The van der Waals surface area contributed by atoms with E-state index < -0.39 is 0 Å². The molecule has 26 heavy (non-hydrogen) atoms. The summed E-state index contributed by atoms with van der Waals surface area (Å²) in [6.45, 7) is 6.18. The Morgan fingerprint density at radius 2 is 1.96 bits per heavy atom. The second kappa shape index (κ2) is 8.03. The summed E-state index contributed by atoms with van der Waals surface area (Å²) in [5.41, 5.74) is 1.65. The van der Waals surface area contributed by atoms with Crippen LogP contribution in [-0.4, -0.2) is 36.2 Å². The molecular formula is C19H25N5O2. The Hall–Kier alpha value is -2.83. The summed E-state index contributed by atoms with van der Waals surface area (Å²) in [6, 6.07) is 7.05. The van der Waals surface area contributed by atoms with Crippen molar-refractivity contribution in [3.8, 4) is 5.75 Å². The van der Waals surface area contributed by atoms with Gasteiger partial charge in [-0.15, -0.1) is 0 Å². The van der Waals surface area contributed by atoms with Gasteiger partial charge < -0.3 is 15.0 Å². The highest BCUT2D eigenvalue weighted by Crippen LogP contribution is 2.26. The maximum absolute atomic E-state index is 12.3. The van der Waals surface area contributed by atoms with Crippen LogP contribution in [0.2, 0.25) is 0 Å². The molecule has 0 aliphatic carbocycles. The number of nitrogens with zero attached hydrogens (tertiary/aromatic N) is 3. The normalized spacial score (nSPS) is 14.8. The van der Waals surface area contributed by atoms with Gasteiger partial charge in [0, 0.05) is 19.2 Å². The van der Waals surface area contributed by atoms with Gasteiger partial charge >= 0.3 is 6.03 Å². The summed E-state index contributed by atoms with van der Waals surface area (Å²) >= 11 is 0. The molecule has 7 nitrogen and oxygen atoms in total. The van der Waals surface area contributed by atoms with Gasteiger partial charge in [-0.2, -0.15) is 0 Å². The lowest BCUT2D eigenvalue weighted by Gasteiger charge is -2.31. The predicted molar refractivity (Wildman–Crippen MR) is 103 cm³/mol. The molecule has 2 heterocycles. The summed E-state index contributed by atoms with van der Waals surface area (Å²) < 4.78 is 5.28. The fourth-order valence-electron chi connectivity index (χ4n) is 3.02. The molecule has 2 N–H and O–H groups in total. The summed E-state index contributed by atoms with van der Waals surface area (Å²) in [6.07, 6.45) is 3.79. The number of hydrogen-bond donors (Lipinski definition) is 2. The van der Waals surface area contributed by atoms with E-state index in [-0.39, 0.29) is 6.03 Å². The van der Waals surface area contributed by atoms with E-state index >= 15 is 0 Å². The standard InChI is InChI=1S/C19H25N5O2/c1-13-6-8-24(9-7-13)18-11-17(20-12-21-18)23-19(25)22-15-10-14(2)4-5-16(15)26-3/h4-5,10-13H,6-9H2,1-3H3,(H2,20,21,22,23,25). The third kappa shape index (κ3) is 4.41. The number of urea groups is 1. The minimum Gasteiger partial charge on any atom is -0.495 e. The Morgan fingerprint density at radius 3 is 2.69 bits per heavy atom. The number of piperidine rings is 1. The van der Waals surface area contributed by atoms with Crippen LogP contribution in [0.3, 0.4) is 0 Å². The second-order valence-corrected chi connectivity index (χ2v) is 6.71. The van der Waals surface area contributed by atoms with Crippen LogP contribution in [0.5, 0.6) is 5.75 Å². The van der Waals surface area contributed by atoms with Gasteiger partial charge in [0.25, 0.3) is 0 Å². The molecule has 0 unspecified atom stereocenters. The van der Waals surface area contributed by atoms with Crippen molar-refractivity contribution in [1.29, 1.82) is 0 Å². The number of rotatable bonds is 4. The SMILES string of the molecule is COc1ccc(C)cc1NC(=O)Nc1cc(N2CCC(C)CC2)ncn1. The van der Waals surface area contributed by atoms with Crippen molar-refractivity contribution < 1.29 is 9.53 Å². The highest BCUT2D eigenvalue weighted by molar-refractivity contribution is 6.00. The van der Waals surface area contributed by atoms with E-state index in [2.05, 4.69) is 32.4 Å². The van der Waals surface area contributed by atoms with Gasteiger partial charge in [-0.25, -0.2) is 14.8 Å². The van der Waals surface area contributed by atoms with Gasteiger partial charge in [-0.1, -0.05) is 13.0 Å². The molecule has 2 aromatic rings. The summed E-state index contributed by atoms with van der Waals surface area (Å²) in [4.78, 5) is 23.1. The van der Waals surface area contributed by atoms with Crippen LogP contribution in [0.25, 0.3) is 0 Å². The first kappa shape index (κ1) is 18.0. The van der Waals surface area contributed by atoms with E-state index in [1.165, 1.54) is 6.33 Å². The second-order valence-electron chi connectivity index (χ2n) is 6.71. The van der Waals surface area contributed by atoms with Gasteiger partial charge in [0.15, 0.2) is 0 Å². The minimum atomic E-state index is -0.370. The van der Waals surface area contributed by atoms with Gasteiger partial charge in [0.1, 0.15) is 23.7 Å². The number of aromatic nitrogens is 2. The third-order valence-corrected chi connectivity index (χ3v) is 4.61. The van der Waals surface area contributed by atoms with Gasteiger partial charge in [0.2, 0.25) is 0 Å². The molecule has 0 bridgehead atoms. The Kier molecular flexibility index (Phi) is 5.55. The van der Waals surface area contributed by atoms with Gasteiger partial charge in [0.05, 0.1) is 12.8 Å². The van der Waals surface area contributed by atoms with Crippen molar-refractivity contribution in [3.05, 3.63) is 36.2 Å². The molecule has 0 spiro atoms. The zero-order valence-electron chi connectivity index (χ0n) is 15.5. The minimum absolute atomic E-state index is 0.370. The third-order valence-electron chi connectivity index (χ3n) is 4.61. The number of amides is 2. The molecule has 138 valence electrons. The average molecular weight is 355 g/mol. The lowest BCUT2D eigenvalue weighted by molar-refractivity contribution is 0.262. The summed E-state index contributed by atoms with van der Waals surface area (Å²) in [7, 11) is 1.57. The van der Waals surface area contributed by atoms with Crippen molar-refractivity contribution in [2.24, 2.45) is 5.92 Å². The van der Waals surface area contributed by atoms with Crippen molar-refractivity contribution in [2.75, 3.05) is 35.7 Å². The first-order chi connectivity index (χ1) is 12.5. The molecule has 1 aromatic heterocycles. The molecule has 3 rings (SSSR count). The molecule has 0 radical (unpaired) electrons. The molecule has 0 saturated carbocycles. The fourth-order valence-corrected chi connectivity index (χ4v) is 3.02. The number of benzene rings is 1. The maximum atomic E-state index is 12.3. The number of ether oxygens (including phenoxy) is 1. The molecule has 1 aliphatic rings. The van der Waals surface area contributed by atoms with E-state index in [4.69, 9.17) is 4.74 Å². The Balaban J connectivity index is 1.66. The molecule has 2 amide bonds. The first-order valence-electron chi connectivity index (χ1n) is 8.85. The number of nitrogens with one attached hydrogen (secondary N) is 2. The van der Waals surface area contributed by atoms with E-state index in [1.807, 2.05) is 31.2 Å².